The lowest BCUT2D eigenvalue weighted by molar-refractivity contribution is -0.143. The molecule has 1 fully saturated rings. The molecule has 1 aliphatic rings. The number of ether oxygens (including phenoxy) is 1. The van der Waals surface area contributed by atoms with Gasteiger partial charge in [-0.1, -0.05) is 13.8 Å². The van der Waals surface area contributed by atoms with Crippen LogP contribution >= 0.6 is 0 Å². The average molecular weight is 144 g/mol. The smallest absolute Gasteiger partial charge is 0.306 e. The van der Waals surface area contributed by atoms with Crippen molar-refractivity contribution in [2.75, 3.05) is 6.61 Å². The molecule has 0 aromatic rings. The Labute approximate surface area is 60.0 Å². The fourth-order valence-corrected chi connectivity index (χ4v) is 1.13. The van der Waals surface area contributed by atoms with Gasteiger partial charge in [0.15, 0.2) is 0 Å². The zero-order chi connectivity index (χ0) is 7.78. The topological polar surface area (TPSA) is 46.5 Å². The van der Waals surface area contributed by atoms with Crippen LogP contribution in [0.4, 0.5) is 0 Å². The molecule has 0 bridgehead atoms. The fourth-order valence-electron chi connectivity index (χ4n) is 1.13. The molecule has 0 aromatic carbocycles. The van der Waals surface area contributed by atoms with Gasteiger partial charge < -0.3 is 9.84 Å². The maximum Gasteiger partial charge on any atom is 0.306 e. The Hall–Kier alpha value is -0.570. The quantitative estimate of drug-likeness (QED) is 0.539. The first-order chi connectivity index (χ1) is 4.56. The van der Waals surface area contributed by atoms with Crippen molar-refractivity contribution >= 4 is 5.97 Å². The molecule has 3 nitrogen and oxygen atoms in total. The third-order valence-corrected chi connectivity index (χ3v) is 1.91. The van der Waals surface area contributed by atoms with Crippen LogP contribution in [0.2, 0.25) is 0 Å². The minimum atomic E-state index is -0.306. The number of carbonyl (C=O) groups excluding carboxylic acids is 1. The van der Waals surface area contributed by atoms with E-state index in [4.69, 9.17) is 9.84 Å². The molecular formula is C7H12O3. The Morgan fingerprint density at radius 1 is 1.80 bits per heavy atom. The van der Waals surface area contributed by atoms with E-state index in [1.165, 1.54) is 0 Å². The van der Waals surface area contributed by atoms with E-state index in [9.17, 15) is 4.79 Å². The number of cyclic esters (lactones) is 1. The van der Waals surface area contributed by atoms with E-state index in [-0.39, 0.29) is 24.1 Å². The number of hydrogen-bond acceptors (Lipinski definition) is 3. The number of rotatable bonds is 1. The molecule has 0 aliphatic carbocycles. The predicted octanol–water partition coefficient (Wildman–Crippen LogP) is 0.320. The fraction of sp³-hybridized carbons (Fsp3) is 0.857. The molecule has 3 heteroatoms. The standard InChI is InChI=1S/C7H12O3/c1-7(2)3-6(9)10-5(7)4-8/h5,8H,3-4H2,1-2H3/t5-/m0/s1. The van der Waals surface area contributed by atoms with Gasteiger partial charge in [0.1, 0.15) is 6.10 Å². The van der Waals surface area contributed by atoms with Gasteiger partial charge in [0, 0.05) is 5.41 Å². The van der Waals surface area contributed by atoms with Crippen LogP contribution in [0, 0.1) is 5.41 Å². The number of hydrogen-bond donors (Lipinski definition) is 1. The molecule has 58 valence electrons. The Balaban J connectivity index is 2.67. The molecule has 1 aliphatic heterocycles. The second kappa shape index (κ2) is 2.23. The van der Waals surface area contributed by atoms with Crippen LogP contribution < -0.4 is 0 Å². The predicted molar refractivity (Wildman–Crippen MR) is 35.4 cm³/mol. The van der Waals surface area contributed by atoms with Crippen LogP contribution in [0.15, 0.2) is 0 Å². The maximum atomic E-state index is 10.7. The highest BCUT2D eigenvalue weighted by Crippen LogP contribution is 2.33. The normalized spacial score (nSPS) is 30.3. The average Bonchev–Trinajstić information content (AvgIpc) is 2.04. The van der Waals surface area contributed by atoms with E-state index in [1.54, 1.807) is 0 Å². The highest BCUT2D eigenvalue weighted by atomic mass is 16.6. The van der Waals surface area contributed by atoms with E-state index >= 15 is 0 Å². The van der Waals surface area contributed by atoms with E-state index < -0.39 is 0 Å². The third kappa shape index (κ3) is 1.14. The maximum absolute atomic E-state index is 10.7. The summed E-state index contributed by atoms with van der Waals surface area (Å²) < 4.78 is 4.84. The van der Waals surface area contributed by atoms with Crippen molar-refractivity contribution in [2.45, 2.75) is 26.4 Å². The first-order valence-corrected chi connectivity index (χ1v) is 3.36. The summed E-state index contributed by atoms with van der Waals surface area (Å²) in [5.41, 5.74) is -0.189. The van der Waals surface area contributed by atoms with Crippen LogP contribution in [0.1, 0.15) is 20.3 Å². The zero-order valence-electron chi connectivity index (χ0n) is 6.26. The second-order valence-corrected chi connectivity index (χ2v) is 3.33. The van der Waals surface area contributed by atoms with Gasteiger partial charge in [0.2, 0.25) is 0 Å². The van der Waals surface area contributed by atoms with Gasteiger partial charge in [-0.2, -0.15) is 0 Å². The van der Waals surface area contributed by atoms with Crippen molar-refractivity contribution in [1.82, 2.24) is 0 Å². The highest BCUT2D eigenvalue weighted by molar-refractivity contribution is 5.72. The van der Waals surface area contributed by atoms with Crippen molar-refractivity contribution < 1.29 is 14.6 Å². The van der Waals surface area contributed by atoms with Crippen molar-refractivity contribution in [3.05, 3.63) is 0 Å². The molecule has 1 N–H and O–H groups in total. The number of carbonyl (C=O) groups is 1. The second-order valence-electron chi connectivity index (χ2n) is 3.33. The molecular weight excluding hydrogens is 132 g/mol. The van der Waals surface area contributed by atoms with Crippen LogP contribution in [0.5, 0.6) is 0 Å². The van der Waals surface area contributed by atoms with Crippen LogP contribution in [-0.4, -0.2) is 23.8 Å². The molecule has 1 saturated heterocycles. The van der Waals surface area contributed by atoms with Crippen molar-refractivity contribution in [3.8, 4) is 0 Å². The molecule has 0 aromatic heterocycles. The van der Waals surface area contributed by atoms with Gasteiger partial charge >= 0.3 is 5.97 Å². The molecule has 1 rings (SSSR count). The van der Waals surface area contributed by atoms with Gasteiger partial charge in [0.05, 0.1) is 13.0 Å². The third-order valence-electron chi connectivity index (χ3n) is 1.91. The van der Waals surface area contributed by atoms with E-state index in [2.05, 4.69) is 0 Å². The molecule has 0 radical (unpaired) electrons. The van der Waals surface area contributed by atoms with Gasteiger partial charge in [-0.15, -0.1) is 0 Å². The lowest BCUT2D eigenvalue weighted by Gasteiger charge is -2.20. The molecule has 1 heterocycles. The number of esters is 1. The summed E-state index contributed by atoms with van der Waals surface area (Å²) in [5.74, 6) is -0.205. The van der Waals surface area contributed by atoms with Gasteiger partial charge in [-0.25, -0.2) is 0 Å². The van der Waals surface area contributed by atoms with E-state index in [0.29, 0.717) is 6.42 Å². The summed E-state index contributed by atoms with van der Waals surface area (Å²) in [6, 6.07) is 0. The summed E-state index contributed by atoms with van der Waals surface area (Å²) >= 11 is 0. The molecule has 0 spiro atoms. The molecule has 1 atom stereocenters. The minimum absolute atomic E-state index is 0.0707. The SMILES string of the molecule is CC1(C)CC(=O)O[C@H]1CO. The lowest BCUT2D eigenvalue weighted by Crippen LogP contribution is -2.27. The Bertz CT molecular complexity index is 151. The van der Waals surface area contributed by atoms with Crippen LogP contribution in [0.3, 0.4) is 0 Å². The van der Waals surface area contributed by atoms with Crippen molar-refractivity contribution in [2.24, 2.45) is 5.41 Å². The first-order valence-electron chi connectivity index (χ1n) is 3.36. The first kappa shape index (κ1) is 7.54. The summed E-state index contributed by atoms with van der Waals surface area (Å²) in [6.45, 7) is 3.76. The van der Waals surface area contributed by atoms with Gasteiger partial charge in [-0.05, 0) is 0 Å². The summed E-state index contributed by atoms with van der Waals surface area (Å²) in [5, 5.41) is 8.74. The highest BCUT2D eigenvalue weighted by Gasteiger charge is 2.40. The molecule has 0 saturated carbocycles. The van der Waals surface area contributed by atoms with Crippen molar-refractivity contribution in [1.29, 1.82) is 0 Å². The number of aliphatic hydroxyl groups is 1. The Kier molecular flexibility index (Phi) is 1.68. The van der Waals surface area contributed by atoms with Crippen LogP contribution in [-0.2, 0) is 9.53 Å². The largest absolute Gasteiger partial charge is 0.459 e. The van der Waals surface area contributed by atoms with E-state index in [1.807, 2.05) is 13.8 Å². The summed E-state index contributed by atoms with van der Waals surface area (Å²) in [7, 11) is 0. The van der Waals surface area contributed by atoms with E-state index in [0.717, 1.165) is 0 Å². The number of aliphatic hydroxyl groups excluding tert-OH is 1. The summed E-state index contributed by atoms with van der Waals surface area (Å²) in [6.07, 6.45) is 0.109. The summed E-state index contributed by atoms with van der Waals surface area (Å²) in [4.78, 5) is 10.7. The molecule has 0 unspecified atom stereocenters. The van der Waals surface area contributed by atoms with Crippen LogP contribution in [0.25, 0.3) is 0 Å². The Morgan fingerprint density at radius 3 is 2.60 bits per heavy atom. The zero-order valence-corrected chi connectivity index (χ0v) is 6.26. The van der Waals surface area contributed by atoms with Gasteiger partial charge in [0.25, 0.3) is 0 Å². The monoisotopic (exact) mass is 144 g/mol. The minimum Gasteiger partial charge on any atom is -0.459 e. The molecule has 10 heavy (non-hydrogen) atoms. The molecule has 0 amide bonds. The lowest BCUT2D eigenvalue weighted by atomic mass is 9.86. The van der Waals surface area contributed by atoms with Gasteiger partial charge in [-0.3, -0.25) is 4.79 Å². The van der Waals surface area contributed by atoms with Crippen molar-refractivity contribution in [3.63, 3.8) is 0 Å². The Morgan fingerprint density at radius 2 is 2.40 bits per heavy atom.